The number of amides is 1. The first-order chi connectivity index (χ1) is 15.9. The Morgan fingerprint density at radius 1 is 1.03 bits per heavy atom. The van der Waals surface area contributed by atoms with Crippen LogP contribution in [0.2, 0.25) is 0 Å². The van der Waals surface area contributed by atoms with Crippen LogP contribution in [0.15, 0.2) is 70.2 Å². The van der Waals surface area contributed by atoms with Gasteiger partial charge in [0, 0.05) is 36.2 Å². The van der Waals surface area contributed by atoms with Crippen LogP contribution in [0.4, 0.5) is 5.69 Å². The van der Waals surface area contributed by atoms with Gasteiger partial charge < -0.3 is 19.2 Å². The molecule has 9 heteroatoms. The quantitative estimate of drug-likeness (QED) is 0.516. The second-order valence-corrected chi connectivity index (χ2v) is 9.55. The molecule has 4 rings (SSSR count). The van der Waals surface area contributed by atoms with E-state index in [0.29, 0.717) is 43.2 Å². The van der Waals surface area contributed by atoms with Crippen molar-refractivity contribution in [2.24, 2.45) is 0 Å². The summed E-state index contributed by atoms with van der Waals surface area (Å²) in [7, 11) is -3.79. The first kappa shape index (κ1) is 22.9. The number of sulfonamides is 1. The van der Waals surface area contributed by atoms with Crippen molar-refractivity contribution in [3.8, 4) is 11.5 Å². The third-order valence-corrected chi connectivity index (χ3v) is 6.76. The molecule has 0 aliphatic carbocycles. The average molecular weight is 471 g/mol. The van der Waals surface area contributed by atoms with Crippen molar-refractivity contribution in [3.63, 3.8) is 0 Å². The Labute approximate surface area is 193 Å². The standard InChI is InChI=1S/C24H26N2O6S/c1-17(8-10-20-6-3-12-30-20)26-33(28,29)21-7-2-5-18(15-21)24(27)25-19-9-11-22-23(16-19)32-14-4-13-31-22/h2-3,5-7,9,11-12,15-17,26H,4,8,10,13-14H2,1H3,(H,25,27)/t17-/m1/s1. The number of hydrogen-bond donors (Lipinski definition) is 2. The molecule has 2 heterocycles. The molecule has 1 aromatic heterocycles. The second-order valence-electron chi connectivity index (χ2n) is 7.83. The molecule has 0 saturated heterocycles. The zero-order valence-electron chi connectivity index (χ0n) is 18.2. The van der Waals surface area contributed by atoms with Crippen LogP contribution in [-0.2, 0) is 16.4 Å². The normalized spacial score (nSPS) is 14.3. The molecule has 2 aromatic carbocycles. The van der Waals surface area contributed by atoms with E-state index < -0.39 is 15.9 Å². The lowest BCUT2D eigenvalue weighted by atomic mass is 10.2. The molecule has 1 aliphatic rings. The van der Waals surface area contributed by atoms with Gasteiger partial charge in [-0.15, -0.1) is 0 Å². The van der Waals surface area contributed by atoms with E-state index in [9.17, 15) is 13.2 Å². The lowest BCUT2D eigenvalue weighted by Crippen LogP contribution is -2.33. The Bertz CT molecular complexity index is 1210. The summed E-state index contributed by atoms with van der Waals surface area (Å²) < 4.78 is 44.9. The highest BCUT2D eigenvalue weighted by molar-refractivity contribution is 7.89. The molecule has 3 aromatic rings. The van der Waals surface area contributed by atoms with Crippen molar-refractivity contribution < 1.29 is 27.1 Å². The Kier molecular flexibility index (Phi) is 7.00. The average Bonchev–Trinajstić information content (AvgIpc) is 3.22. The number of anilines is 1. The van der Waals surface area contributed by atoms with Crippen molar-refractivity contribution in [3.05, 3.63) is 72.2 Å². The molecule has 33 heavy (non-hydrogen) atoms. The molecule has 0 fully saturated rings. The molecule has 1 aliphatic heterocycles. The summed E-state index contributed by atoms with van der Waals surface area (Å²) >= 11 is 0. The molecule has 1 amide bonds. The number of aryl methyl sites for hydroxylation is 1. The van der Waals surface area contributed by atoms with Gasteiger partial charge in [0.1, 0.15) is 5.76 Å². The maximum absolute atomic E-state index is 12.8. The fourth-order valence-corrected chi connectivity index (χ4v) is 4.78. The monoisotopic (exact) mass is 470 g/mol. The van der Waals surface area contributed by atoms with Gasteiger partial charge in [-0.1, -0.05) is 6.07 Å². The topological polar surface area (TPSA) is 107 Å². The molecule has 2 N–H and O–H groups in total. The lowest BCUT2D eigenvalue weighted by Gasteiger charge is -2.14. The van der Waals surface area contributed by atoms with Crippen molar-refractivity contribution in [2.45, 2.75) is 37.1 Å². The molecule has 0 spiro atoms. The number of hydrogen-bond acceptors (Lipinski definition) is 6. The van der Waals surface area contributed by atoms with Gasteiger partial charge in [-0.3, -0.25) is 4.79 Å². The van der Waals surface area contributed by atoms with Crippen LogP contribution in [0.3, 0.4) is 0 Å². The predicted molar refractivity (Wildman–Crippen MR) is 123 cm³/mol. The lowest BCUT2D eigenvalue weighted by molar-refractivity contribution is 0.102. The summed E-state index contributed by atoms with van der Waals surface area (Å²) in [5.41, 5.74) is 0.760. The first-order valence-electron chi connectivity index (χ1n) is 10.8. The first-order valence-corrected chi connectivity index (χ1v) is 12.2. The predicted octanol–water partition coefficient (Wildman–Crippen LogP) is 3.99. The maximum atomic E-state index is 12.8. The Morgan fingerprint density at radius 3 is 2.64 bits per heavy atom. The van der Waals surface area contributed by atoms with Crippen molar-refractivity contribution in [1.82, 2.24) is 4.72 Å². The van der Waals surface area contributed by atoms with Crippen molar-refractivity contribution >= 4 is 21.6 Å². The highest BCUT2D eigenvalue weighted by Crippen LogP contribution is 2.32. The van der Waals surface area contributed by atoms with Gasteiger partial charge in [-0.05, 0) is 55.8 Å². The minimum absolute atomic E-state index is 0.0265. The second kappa shape index (κ2) is 10.1. The molecule has 174 valence electrons. The fraction of sp³-hybridized carbons (Fsp3) is 0.292. The van der Waals surface area contributed by atoms with E-state index in [-0.39, 0.29) is 16.5 Å². The van der Waals surface area contributed by atoms with Gasteiger partial charge in [0.15, 0.2) is 11.5 Å². The molecule has 0 bridgehead atoms. The molecule has 0 radical (unpaired) electrons. The Balaban J connectivity index is 1.42. The van der Waals surface area contributed by atoms with Crippen LogP contribution in [0.1, 0.15) is 35.9 Å². The van der Waals surface area contributed by atoms with Gasteiger partial charge in [0.05, 0.1) is 24.4 Å². The Morgan fingerprint density at radius 2 is 1.85 bits per heavy atom. The molecule has 8 nitrogen and oxygen atoms in total. The fourth-order valence-electron chi connectivity index (χ4n) is 3.45. The van der Waals surface area contributed by atoms with Crippen LogP contribution < -0.4 is 19.5 Å². The summed E-state index contributed by atoms with van der Waals surface area (Å²) in [6.07, 6.45) is 3.58. The van der Waals surface area contributed by atoms with E-state index in [2.05, 4.69) is 10.0 Å². The van der Waals surface area contributed by atoms with Gasteiger partial charge >= 0.3 is 0 Å². The van der Waals surface area contributed by atoms with E-state index in [4.69, 9.17) is 13.9 Å². The maximum Gasteiger partial charge on any atom is 0.255 e. The number of rotatable bonds is 8. The van der Waals surface area contributed by atoms with Gasteiger partial charge in [0.2, 0.25) is 10.0 Å². The molecule has 0 unspecified atom stereocenters. The minimum Gasteiger partial charge on any atom is -0.490 e. The van der Waals surface area contributed by atoms with Crippen LogP contribution >= 0.6 is 0 Å². The summed E-state index contributed by atoms with van der Waals surface area (Å²) in [4.78, 5) is 12.8. The van der Waals surface area contributed by atoms with E-state index in [1.165, 1.54) is 12.1 Å². The summed E-state index contributed by atoms with van der Waals surface area (Å²) in [6.45, 7) is 2.91. The number of ether oxygens (including phenoxy) is 2. The van der Waals surface area contributed by atoms with Crippen LogP contribution in [0, 0.1) is 0 Å². The summed E-state index contributed by atoms with van der Waals surface area (Å²) in [5.74, 6) is 1.57. The molecule has 1 atom stereocenters. The SMILES string of the molecule is C[C@H](CCc1ccco1)NS(=O)(=O)c1cccc(C(=O)Nc2ccc3c(c2)OCCCO3)c1. The third-order valence-electron chi connectivity index (χ3n) is 5.17. The highest BCUT2D eigenvalue weighted by atomic mass is 32.2. The Hall–Kier alpha value is -3.30. The number of carbonyl (C=O) groups is 1. The minimum atomic E-state index is -3.79. The molecule has 0 saturated carbocycles. The number of nitrogens with one attached hydrogen (secondary N) is 2. The van der Waals surface area contributed by atoms with Crippen molar-refractivity contribution in [2.75, 3.05) is 18.5 Å². The van der Waals surface area contributed by atoms with E-state index in [0.717, 1.165) is 12.2 Å². The number of carbonyl (C=O) groups excluding carboxylic acids is 1. The van der Waals surface area contributed by atoms with E-state index in [1.807, 2.05) is 6.07 Å². The summed E-state index contributed by atoms with van der Waals surface area (Å²) in [6, 6.07) is 14.4. The highest BCUT2D eigenvalue weighted by Gasteiger charge is 2.20. The van der Waals surface area contributed by atoms with Gasteiger partial charge in [0.25, 0.3) is 5.91 Å². The van der Waals surface area contributed by atoms with Gasteiger partial charge in [-0.25, -0.2) is 13.1 Å². The van der Waals surface area contributed by atoms with E-state index >= 15 is 0 Å². The zero-order chi connectivity index (χ0) is 23.3. The van der Waals surface area contributed by atoms with Crippen LogP contribution in [0.25, 0.3) is 0 Å². The zero-order valence-corrected chi connectivity index (χ0v) is 19.1. The summed E-state index contributed by atoms with van der Waals surface area (Å²) in [5, 5.41) is 2.78. The van der Waals surface area contributed by atoms with Crippen molar-refractivity contribution in [1.29, 1.82) is 0 Å². The number of benzene rings is 2. The number of furan rings is 1. The van der Waals surface area contributed by atoms with Crippen LogP contribution in [-0.4, -0.2) is 33.6 Å². The third kappa shape index (κ3) is 5.94. The molecular formula is C24H26N2O6S. The smallest absolute Gasteiger partial charge is 0.255 e. The van der Waals surface area contributed by atoms with E-state index in [1.54, 1.807) is 49.6 Å². The largest absolute Gasteiger partial charge is 0.490 e. The van der Waals surface area contributed by atoms with Crippen LogP contribution in [0.5, 0.6) is 11.5 Å². The number of fused-ring (bicyclic) bond motifs is 1. The molecular weight excluding hydrogens is 444 g/mol. The van der Waals surface area contributed by atoms with Gasteiger partial charge in [-0.2, -0.15) is 0 Å².